The van der Waals surface area contributed by atoms with Gasteiger partial charge < -0.3 is 10.2 Å². The van der Waals surface area contributed by atoms with Gasteiger partial charge in [-0.25, -0.2) is 9.59 Å². The van der Waals surface area contributed by atoms with Crippen molar-refractivity contribution in [2.75, 3.05) is 0 Å². The maximum absolute atomic E-state index is 9.55. The zero-order valence-electron chi connectivity index (χ0n) is 9.74. The first kappa shape index (κ1) is 13.7. The van der Waals surface area contributed by atoms with E-state index < -0.39 is 11.9 Å². The van der Waals surface area contributed by atoms with Gasteiger partial charge in [-0.15, -0.1) is 0 Å². The molecule has 0 aromatic heterocycles. The molecule has 94 valence electrons. The number of hydrogen-bond acceptors (Lipinski definition) is 2. The van der Waals surface area contributed by atoms with Crippen LogP contribution in [0.3, 0.4) is 0 Å². The van der Waals surface area contributed by atoms with Crippen molar-refractivity contribution in [1.82, 2.24) is 0 Å². The van der Waals surface area contributed by atoms with Crippen molar-refractivity contribution in [1.29, 1.82) is 0 Å². The molecule has 2 N–H and O–H groups in total. The van der Waals surface area contributed by atoms with Crippen LogP contribution in [0, 0.1) is 0 Å². The van der Waals surface area contributed by atoms with E-state index in [1.165, 1.54) is 11.1 Å². The van der Waals surface area contributed by atoms with Crippen LogP contribution in [0.15, 0.2) is 59.8 Å². The van der Waals surface area contributed by atoms with E-state index in [1.54, 1.807) is 0 Å². The molecule has 4 nitrogen and oxygen atoms in total. The summed E-state index contributed by atoms with van der Waals surface area (Å²) in [6.45, 7) is 0. The molecular formula is C14H14O4. The third kappa shape index (κ3) is 5.12. The lowest BCUT2D eigenvalue weighted by molar-refractivity contribution is -0.134. The molecule has 0 heterocycles. The van der Waals surface area contributed by atoms with Crippen LogP contribution >= 0.6 is 0 Å². The first-order valence-corrected chi connectivity index (χ1v) is 5.45. The number of carbonyl (C=O) groups is 2. The topological polar surface area (TPSA) is 74.6 Å². The van der Waals surface area contributed by atoms with Crippen molar-refractivity contribution in [3.05, 3.63) is 59.8 Å². The van der Waals surface area contributed by atoms with Crippen LogP contribution in [0.1, 0.15) is 12.8 Å². The molecule has 0 amide bonds. The minimum atomic E-state index is -1.26. The monoisotopic (exact) mass is 246 g/mol. The average molecular weight is 246 g/mol. The van der Waals surface area contributed by atoms with Crippen LogP contribution in [0.4, 0.5) is 0 Å². The highest BCUT2D eigenvalue weighted by atomic mass is 16.4. The second-order valence-corrected chi connectivity index (χ2v) is 3.66. The molecule has 2 rings (SSSR count). The number of carboxylic acid groups (broad SMARTS) is 2. The summed E-state index contributed by atoms with van der Waals surface area (Å²) in [4.78, 5) is 19.1. The summed E-state index contributed by atoms with van der Waals surface area (Å²) in [6, 6.07) is 0. The van der Waals surface area contributed by atoms with Crippen LogP contribution in [-0.4, -0.2) is 22.2 Å². The Labute approximate surface area is 105 Å². The lowest BCUT2D eigenvalue weighted by atomic mass is 10.1. The largest absolute Gasteiger partial charge is 0.478 e. The van der Waals surface area contributed by atoms with Gasteiger partial charge in [0.1, 0.15) is 0 Å². The molecule has 2 aliphatic rings. The summed E-state index contributed by atoms with van der Waals surface area (Å²) < 4.78 is 0. The van der Waals surface area contributed by atoms with Crippen molar-refractivity contribution in [3.63, 3.8) is 0 Å². The quantitative estimate of drug-likeness (QED) is 0.750. The van der Waals surface area contributed by atoms with Gasteiger partial charge in [0.15, 0.2) is 0 Å². The Bertz CT molecular complexity index is 432. The number of rotatable bonds is 3. The smallest absolute Gasteiger partial charge is 0.328 e. The van der Waals surface area contributed by atoms with Gasteiger partial charge in [-0.3, -0.25) is 0 Å². The predicted octanol–water partition coefficient (Wildman–Crippen LogP) is 2.47. The second kappa shape index (κ2) is 7.06. The van der Waals surface area contributed by atoms with Crippen LogP contribution in [0.25, 0.3) is 0 Å². The van der Waals surface area contributed by atoms with Gasteiger partial charge in [0.05, 0.1) is 0 Å². The zero-order valence-corrected chi connectivity index (χ0v) is 9.74. The van der Waals surface area contributed by atoms with Gasteiger partial charge in [-0.2, -0.15) is 0 Å². The molecule has 18 heavy (non-hydrogen) atoms. The van der Waals surface area contributed by atoms with Crippen molar-refractivity contribution in [3.8, 4) is 0 Å². The van der Waals surface area contributed by atoms with Crippen molar-refractivity contribution >= 4 is 11.9 Å². The van der Waals surface area contributed by atoms with E-state index >= 15 is 0 Å². The van der Waals surface area contributed by atoms with Gasteiger partial charge in [-0.05, 0) is 24.0 Å². The molecule has 0 radical (unpaired) electrons. The van der Waals surface area contributed by atoms with E-state index in [-0.39, 0.29) is 0 Å². The van der Waals surface area contributed by atoms with Crippen molar-refractivity contribution in [2.24, 2.45) is 0 Å². The first-order chi connectivity index (χ1) is 8.59. The molecule has 0 aromatic rings. The average Bonchev–Trinajstić information content (AvgIpc) is 2.98. The van der Waals surface area contributed by atoms with E-state index in [2.05, 4.69) is 36.5 Å². The Morgan fingerprint density at radius 3 is 1.50 bits per heavy atom. The molecule has 0 unspecified atom stereocenters. The highest BCUT2D eigenvalue weighted by Crippen LogP contribution is 2.25. The SMILES string of the molecule is C1=CCC(C2=CC=CC2)=C1.O=C(O)/C=C\C(=O)O. The van der Waals surface area contributed by atoms with Gasteiger partial charge in [-0.1, -0.05) is 36.5 Å². The second-order valence-electron chi connectivity index (χ2n) is 3.66. The standard InChI is InChI=1S/C10H10.C4H4O4/c1-2-6-9(5-1)10-7-3-4-8-10;5-3(6)1-2-4(7)8/h1-5,7H,6,8H2;1-2H,(H,5,6)(H,7,8)/b;2-1-. The predicted molar refractivity (Wildman–Crippen MR) is 68.1 cm³/mol. The van der Waals surface area contributed by atoms with Gasteiger partial charge in [0.25, 0.3) is 0 Å². The molecule has 0 atom stereocenters. The molecule has 0 aliphatic heterocycles. The van der Waals surface area contributed by atoms with E-state index in [4.69, 9.17) is 10.2 Å². The fraction of sp³-hybridized carbons (Fsp3) is 0.143. The molecule has 0 aromatic carbocycles. The van der Waals surface area contributed by atoms with E-state index in [1.807, 2.05) is 0 Å². The summed E-state index contributed by atoms with van der Waals surface area (Å²) in [7, 11) is 0. The highest BCUT2D eigenvalue weighted by molar-refractivity contribution is 5.89. The third-order valence-electron chi connectivity index (χ3n) is 2.32. The fourth-order valence-electron chi connectivity index (χ4n) is 1.51. The van der Waals surface area contributed by atoms with Crippen molar-refractivity contribution in [2.45, 2.75) is 12.8 Å². The van der Waals surface area contributed by atoms with E-state index in [9.17, 15) is 9.59 Å². The van der Waals surface area contributed by atoms with Crippen LogP contribution in [-0.2, 0) is 9.59 Å². The minimum Gasteiger partial charge on any atom is -0.478 e. The van der Waals surface area contributed by atoms with Crippen LogP contribution in [0.2, 0.25) is 0 Å². The molecule has 0 spiro atoms. The summed E-state index contributed by atoms with van der Waals surface area (Å²) in [6.07, 6.45) is 16.5. The summed E-state index contributed by atoms with van der Waals surface area (Å²) >= 11 is 0. The molecule has 0 saturated carbocycles. The highest BCUT2D eigenvalue weighted by Gasteiger charge is 2.05. The zero-order chi connectivity index (χ0) is 13.4. The normalized spacial score (nSPS) is 16.2. The van der Waals surface area contributed by atoms with Gasteiger partial charge in [0.2, 0.25) is 0 Å². The Kier molecular flexibility index (Phi) is 5.38. The number of allylic oxidation sites excluding steroid dienone is 8. The fourth-order valence-corrected chi connectivity index (χ4v) is 1.51. The number of hydrogen-bond donors (Lipinski definition) is 2. The van der Waals surface area contributed by atoms with Crippen LogP contribution < -0.4 is 0 Å². The lowest BCUT2D eigenvalue weighted by Gasteiger charge is -1.99. The maximum Gasteiger partial charge on any atom is 0.328 e. The van der Waals surface area contributed by atoms with Crippen LogP contribution in [0.5, 0.6) is 0 Å². The van der Waals surface area contributed by atoms with E-state index in [0.717, 1.165) is 12.8 Å². The summed E-state index contributed by atoms with van der Waals surface area (Å²) in [5.74, 6) is -2.51. The third-order valence-corrected chi connectivity index (χ3v) is 2.32. The molecular weight excluding hydrogens is 232 g/mol. The lowest BCUT2D eigenvalue weighted by Crippen LogP contribution is -1.91. The Morgan fingerprint density at radius 1 is 0.889 bits per heavy atom. The summed E-state index contributed by atoms with van der Waals surface area (Å²) in [5, 5.41) is 15.6. The Hall–Kier alpha value is -2.36. The first-order valence-electron chi connectivity index (χ1n) is 5.45. The molecule has 0 bridgehead atoms. The molecule has 2 aliphatic carbocycles. The minimum absolute atomic E-state index is 0.558. The number of carboxylic acids is 2. The molecule has 0 fully saturated rings. The molecule has 4 heteroatoms. The van der Waals surface area contributed by atoms with Gasteiger partial charge in [0, 0.05) is 12.2 Å². The summed E-state index contributed by atoms with van der Waals surface area (Å²) in [5.41, 5.74) is 2.98. The number of aliphatic carboxylic acids is 2. The Balaban J connectivity index is 0.000000187. The van der Waals surface area contributed by atoms with Gasteiger partial charge >= 0.3 is 11.9 Å². The van der Waals surface area contributed by atoms with Crippen molar-refractivity contribution < 1.29 is 19.8 Å². The maximum atomic E-state index is 9.55. The molecule has 0 saturated heterocycles. The van der Waals surface area contributed by atoms with E-state index in [0.29, 0.717) is 12.2 Å². The Morgan fingerprint density at radius 2 is 1.28 bits per heavy atom.